The summed E-state index contributed by atoms with van der Waals surface area (Å²) in [5.41, 5.74) is 2.97. The molecule has 3 aromatic rings. The Balaban J connectivity index is 2.07. The van der Waals surface area contributed by atoms with E-state index in [2.05, 4.69) is 78.1 Å². The molecule has 3 nitrogen and oxygen atoms in total. The number of hydrogen-bond donors (Lipinski definition) is 2. The fourth-order valence-corrected chi connectivity index (χ4v) is 3.97. The average molecular weight is 390 g/mol. The molecule has 0 aliphatic carbocycles. The van der Waals surface area contributed by atoms with Crippen molar-refractivity contribution in [3.8, 4) is 5.75 Å². The highest BCUT2D eigenvalue weighted by atomic mass is 16.5. The molecule has 0 saturated carbocycles. The second kappa shape index (κ2) is 10.8. The molecule has 0 fully saturated rings. The highest BCUT2D eigenvalue weighted by Crippen LogP contribution is 2.41. The van der Waals surface area contributed by atoms with E-state index in [1.54, 1.807) is 7.11 Å². The van der Waals surface area contributed by atoms with Crippen molar-refractivity contribution in [2.45, 2.75) is 31.2 Å². The molecule has 0 heterocycles. The van der Waals surface area contributed by atoms with Gasteiger partial charge in [0.1, 0.15) is 5.75 Å². The van der Waals surface area contributed by atoms with E-state index in [0.29, 0.717) is 0 Å². The molecule has 3 rings (SSSR count). The van der Waals surface area contributed by atoms with E-state index in [4.69, 9.17) is 9.84 Å². The van der Waals surface area contributed by atoms with Gasteiger partial charge in [-0.2, -0.15) is 0 Å². The number of rotatable bonds is 11. The van der Waals surface area contributed by atoms with Gasteiger partial charge in [0, 0.05) is 12.2 Å². The van der Waals surface area contributed by atoms with Crippen molar-refractivity contribution in [1.29, 1.82) is 0 Å². The third-order valence-electron chi connectivity index (χ3n) is 5.40. The number of benzene rings is 3. The SMILES string of the molecule is COc1ccccc1C(NCCCCCCO)(c1ccccc1)c1ccccc1. The Morgan fingerprint density at radius 2 is 1.28 bits per heavy atom. The summed E-state index contributed by atoms with van der Waals surface area (Å²) in [5.74, 6) is 0.869. The number of ether oxygens (including phenoxy) is 1. The molecule has 0 aliphatic heterocycles. The summed E-state index contributed by atoms with van der Waals surface area (Å²) in [6.07, 6.45) is 4.07. The van der Waals surface area contributed by atoms with Gasteiger partial charge in [-0.1, -0.05) is 91.7 Å². The van der Waals surface area contributed by atoms with E-state index in [1.807, 2.05) is 12.1 Å². The van der Waals surface area contributed by atoms with Gasteiger partial charge in [0.15, 0.2) is 0 Å². The number of aliphatic hydroxyl groups excluding tert-OH is 1. The van der Waals surface area contributed by atoms with Gasteiger partial charge in [-0.25, -0.2) is 0 Å². The zero-order valence-electron chi connectivity index (χ0n) is 17.2. The second-order valence-electron chi connectivity index (χ2n) is 7.25. The van der Waals surface area contributed by atoms with Crippen molar-refractivity contribution >= 4 is 0 Å². The molecule has 152 valence electrons. The monoisotopic (exact) mass is 389 g/mol. The lowest BCUT2D eigenvalue weighted by Crippen LogP contribution is -2.45. The number of methoxy groups -OCH3 is 1. The molecule has 0 spiro atoms. The third kappa shape index (κ3) is 4.87. The maximum Gasteiger partial charge on any atom is 0.124 e. The molecule has 3 heteroatoms. The standard InChI is InChI=1S/C26H31NO2/c1-29-25-19-11-10-18-24(25)26(22-14-6-4-7-15-22,23-16-8-5-9-17-23)27-20-12-2-3-13-21-28/h4-11,14-19,27-28H,2-3,12-13,20-21H2,1H3. The predicted molar refractivity (Wildman–Crippen MR) is 119 cm³/mol. The van der Waals surface area contributed by atoms with Crippen LogP contribution in [0.5, 0.6) is 5.75 Å². The quantitative estimate of drug-likeness (QED) is 0.353. The van der Waals surface area contributed by atoms with Crippen LogP contribution in [0.25, 0.3) is 0 Å². The first kappa shape index (κ1) is 21.1. The van der Waals surface area contributed by atoms with Gasteiger partial charge in [0.05, 0.1) is 12.6 Å². The minimum absolute atomic E-state index is 0.270. The van der Waals surface area contributed by atoms with Crippen molar-refractivity contribution in [3.05, 3.63) is 102 Å². The summed E-state index contributed by atoms with van der Waals surface area (Å²) in [4.78, 5) is 0. The molecule has 0 aromatic heterocycles. The van der Waals surface area contributed by atoms with Crippen LogP contribution in [0.3, 0.4) is 0 Å². The zero-order valence-corrected chi connectivity index (χ0v) is 17.2. The molecule has 0 aliphatic rings. The van der Waals surface area contributed by atoms with Gasteiger partial charge >= 0.3 is 0 Å². The van der Waals surface area contributed by atoms with Gasteiger partial charge in [0.25, 0.3) is 0 Å². The molecule has 0 atom stereocenters. The number of nitrogens with one attached hydrogen (secondary N) is 1. The number of aliphatic hydroxyl groups is 1. The molecule has 0 unspecified atom stereocenters. The van der Waals surface area contributed by atoms with Gasteiger partial charge in [-0.15, -0.1) is 0 Å². The Hall–Kier alpha value is -2.62. The Morgan fingerprint density at radius 1 is 0.724 bits per heavy atom. The number of unbranched alkanes of at least 4 members (excludes halogenated alkanes) is 3. The lowest BCUT2D eigenvalue weighted by atomic mass is 9.76. The van der Waals surface area contributed by atoms with E-state index in [1.165, 1.54) is 11.1 Å². The van der Waals surface area contributed by atoms with E-state index in [0.717, 1.165) is 43.5 Å². The van der Waals surface area contributed by atoms with Gasteiger partial charge in [-0.3, -0.25) is 5.32 Å². The molecule has 2 N–H and O–H groups in total. The summed E-state index contributed by atoms with van der Waals surface area (Å²) in [6.45, 7) is 1.14. The van der Waals surface area contributed by atoms with Crippen LogP contribution >= 0.6 is 0 Å². The first-order chi connectivity index (χ1) is 14.3. The molecular formula is C26H31NO2. The van der Waals surface area contributed by atoms with Gasteiger partial charge in [0.2, 0.25) is 0 Å². The van der Waals surface area contributed by atoms with Crippen LogP contribution < -0.4 is 10.1 Å². The Labute approximate surface area is 174 Å². The van der Waals surface area contributed by atoms with Gasteiger partial charge < -0.3 is 9.84 Å². The third-order valence-corrected chi connectivity index (χ3v) is 5.40. The highest BCUT2D eigenvalue weighted by Gasteiger charge is 2.37. The van der Waals surface area contributed by atoms with Crippen molar-refractivity contribution in [1.82, 2.24) is 5.32 Å². The van der Waals surface area contributed by atoms with Crippen LogP contribution in [-0.2, 0) is 5.54 Å². The molecule has 0 amide bonds. The Bertz CT molecular complexity index is 809. The molecule has 29 heavy (non-hydrogen) atoms. The average Bonchev–Trinajstić information content (AvgIpc) is 2.80. The zero-order chi connectivity index (χ0) is 20.4. The fraction of sp³-hybridized carbons (Fsp3) is 0.308. The smallest absolute Gasteiger partial charge is 0.124 e. The Kier molecular flexibility index (Phi) is 7.85. The maximum atomic E-state index is 9.03. The predicted octanol–water partition coefficient (Wildman–Crippen LogP) is 5.13. The van der Waals surface area contributed by atoms with Crippen molar-refractivity contribution in [2.75, 3.05) is 20.3 Å². The number of hydrogen-bond acceptors (Lipinski definition) is 3. The van der Waals surface area contributed by atoms with E-state index in [-0.39, 0.29) is 6.61 Å². The van der Waals surface area contributed by atoms with Crippen LogP contribution in [-0.4, -0.2) is 25.4 Å². The van der Waals surface area contributed by atoms with Crippen LogP contribution in [0.1, 0.15) is 42.4 Å². The van der Waals surface area contributed by atoms with Crippen molar-refractivity contribution in [3.63, 3.8) is 0 Å². The van der Waals surface area contributed by atoms with E-state index in [9.17, 15) is 0 Å². The first-order valence-corrected chi connectivity index (χ1v) is 10.4. The van der Waals surface area contributed by atoms with Crippen molar-refractivity contribution < 1.29 is 9.84 Å². The summed E-state index contributed by atoms with van der Waals surface area (Å²) in [5, 5.41) is 12.9. The summed E-state index contributed by atoms with van der Waals surface area (Å²) < 4.78 is 5.79. The molecular weight excluding hydrogens is 358 g/mol. The minimum Gasteiger partial charge on any atom is -0.496 e. The van der Waals surface area contributed by atoms with E-state index < -0.39 is 5.54 Å². The lowest BCUT2D eigenvalue weighted by molar-refractivity contribution is 0.282. The molecule has 0 radical (unpaired) electrons. The lowest BCUT2D eigenvalue weighted by Gasteiger charge is -2.38. The topological polar surface area (TPSA) is 41.5 Å². The normalized spacial score (nSPS) is 11.4. The molecule has 0 bridgehead atoms. The van der Waals surface area contributed by atoms with E-state index >= 15 is 0 Å². The Morgan fingerprint density at radius 3 is 1.86 bits per heavy atom. The number of para-hydroxylation sites is 1. The summed E-state index contributed by atoms with van der Waals surface area (Å²) in [6, 6.07) is 29.4. The van der Waals surface area contributed by atoms with Crippen LogP contribution in [0.2, 0.25) is 0 Å². The summed E-state index contributed by atoms with van der Waals surface area (Å²) >= 11 is 0. The second-order valence-corrected chi connectivity index (χ2v) is 7.25. The first-order valence-electron chi connectivity index (χ1n) is 10.4. The minimum atomic E-state index is -0.508. The fourth-order valence-electron chi connectivity index (χ4n) is 3.97. The maximum absolute atomic E-state index is 9.03. The van der Waals surface area contributed by atoms with Gasteiger partial charge in [-0.05, 0) is 36.6 Å². The summed E-state index contributed by atoms with van der Waals surface area (Å²) in [7, 11) is 1.73. The largest absolute Gasteiger partial charge is 0.496 e. The molecule has 3 aromatic carbocycles. The molecule has 0 saturated heterocycles. The highest BCUT2D eigenvalue weighted by molar-refractivity contribution is 5.54. The van der Waals surface area contributed by atoms with Crippen LogP contribution in [0.15, 0.2) is 84.9 Å². The van der Waals surface area contributed by atoms with Crippen LogP contribution in [0, 0.1) is 0 Å². The van der Waals surface area contributed by atoms with Crippen molar-refractivity contribution in [2.24, 2.45) is 0 Å². The van der Waals surface area contributed by atoms with Crippen LogP contribution in [0.4, 0.5) is 0 Å².